The number of amides is 2. The molecule has 1 heterocycles. The zero-order chi connectivity index (χ0) is 12.5. The highest BCUT2D eigenvalue weighted by Crippen LogP contribution is 2.27. The lowest BCUT2D eigenvalue weighted by Crippen LogP contribution is -2.46. The predicted molar refractivity (Wildman–Crippen MR) is 62.5 cm³/mol. The van der Waals surface area contributed by atoms with Crippen LogP contribution in [0.15, 0.2) is 0 Å². The average molecular weight is 226 g/mol. The lowest BCUT2D eigenvalue weighted by Gasteiger charge is -2.27. The van der Waals surface area contributed by atoms with Gasteiger partial charge >= 0.3 is 0 Å². The quantitative estimate of drug-likeness (QED) is 0.767. The van der Waals surface area contributed by atoms with Gasteiger partial charge in [0.05, 0.1) is 0 Å². The predicted octanol–water partition coefficient (Wildman–Crippen LogP) is 1.14. The minimum atomic E-state index is -0.408. The van der Waals surface area contributed by atoms with Gasteiger partial charge in [-0.15, -0.1) is 0 Å². The molecule has 4 nitrogen and oxygen atoms in total. The highest BCUT2D eigenvalue weighted by atomic mass is 16.2. The van der Waals surface area contributed by atoms with Gasteiger partial charge in [0, 0.05) is 13.0 Å². The maximum absolute atomic E-state index is 12.0. The second-order valence-corrected chi connectivity index (χ2v) is 5.94. The summed E-state index contributed by atoms with van der Waals surface area (Å²) in [5, 5.41) is 0. The number of nitrogens with zero attached hydrogens (tertiary/aromatic N) is 1. The van der Waals surface area contributed by atoms with Gasteiger partial charge in [-0.2, -0.15) is 0 Å². The van der Waals surface area contributed by atoms with Gasteiger partial charge in [-0.1, -0.05) is 27.7 Å². The molecule has 1 saturated heterocycles. The summed E-state index contributed by atoms with van der Waals surface area (Å²) in [6, 6.07) is -0.408. The van der Waals surface area contributed by atoms with Crippen LogP contribution in [-0.2, 0) is 9.59 Å². The van der Waals surface area contributed by atoms with Crippen LogP contribution in [0, 0.1) is 11.3 Å². The van der Waals surface area contributed by atoms with E-state index in [0.717, 1.165) is 6.42 Å². The van der Waals surface area contributed by atoms with Gasteiger partial charge in [0.1, 0.15) is 6.04 Å². The number of carbonyl (C=O) groups is 2. The number of primary amides is 1. The lowest BCUT2D eigenvalue weighted by atomic mass is 9.91. The molecular weight excluding hydrogens is 204 g/mol. The Balaban J connectivity index is 2.73. The van der Waals surface area contributed by atoms with Crippen molar-refractivity contribution < 1.29 is 9.59 Å². The van der Waals surface area contributed by atoms with Crippen LogP contribution in [0.25, 0.3) is 0 Å². The number of likely N-dealkylation sites (tertiary alicyclic amines) is 1. The van der Waals surface area contributed by atoms with Crippen LogP contribution in [-0.4, -0.2) is 29.3 Å². The van der Waals surface area contributed by atoms with Gasteiger partial charge in [0.25, 0.3) is 0 Å². The fourth-order valence-corrected chi connectivity index (χ4v) is 2.22. The monoisotopic (exact) mass is 226 g/mol. The normalized spacial score (nSPS) is 25.9. The van der Waals surface area contributed by atoms with Crippen LogP contribution in [0.5, 0.6) is 0 Å². The average Bonchev–Trinajstić information content (AvgIpc) is 2.43. The molecule has 1 aliphatic heterocycles. The van der Waals surface area contributed by atoms with Gasteiger partial charge in [-0.05, 0) is 17.8 Å². The molecule has 0 radical (unpaired) electrons. The Morgan fingerprint density at radius 3 is 2.38 bits per heavy atom. The van der Waals surface area contributed by atoms with E-state index in [-0.39, 0.29) is 23.1 Å². The molecule has 2 atom stereocenters. The summed E-state index contributed by atoms with van der Waals surface area (Å²) in [6.07, 6.45) is 1.33. The summed E-state index contributed by atoms with van der Waals surface area (Å²) >= 11 is 0. The third-order valence-corrected chi connectivity index (χ3v) is 2.99. The van der Waals surface area contributed by atoms with E-state index in [1.165, 1.54) is 0 Å². The molecule has 1 fully saturated rings. The maximum Gasteiger partial charge on any atom is 0.240 e. The lowest BCUT2D eigenvalue weighted by molar-refractivity contribution is -0.139. The zero-order valence-corrected chi connectivity index (χ0v) is 10.6. The molecule has 0 aromatic carbocycles. The Kier molecular flexibility index (Phi) is 3.61. The van der Waals surface area contributed by atoms with Crippen LogP contribution >= 0.6 is 0 Å². The number of rotatable bonds is 2. The Hall–Kier alpha value is -1.06. The fourth-order valence-electron chi connectivity index (χ4n) is 2.22. The summed E-state index contributed by atoms with van der Waals surface area (Å²) < 4.78 is 0. The first kappa shape index (κ1) is 13.0. The maximum atomic E-state index is 12.0. The number of hydrogen-bond acceptors (Lipinski definition) is 2. The van der Waals surface area contributed by atoms with Crippen molar-refractivity contribution >= 4 is 11.8 Å². The van der Waals surface area contributed by atoms with E-state index in [1.54, 1.807) is 4.90 Å². The number of hydrogen-bond donors (Lipinski definition) is 1. The highest BCUT2D eigenvalue weighted by Gasteiger charge is 2.38. The Morgan fingerprint density at radius 1 is 1.38 bits per heavy atom. The molecule has 4 heteroatoms. The van der Waals surface area contributed by atoms with Crippen molar-refractivity contribution in [3.8, 4) is 0 Å². The SMILES string of the molecule is CC1CCN(C(=O)CC(C)(C)C)C1C(N)=O. The molecule has 0 aromatic heterocycles. The third-order valence-electron chi connectivity index (χ3n) is 2.99. The van der Waals surface area contributed by atoms with E-state index in [2.05, 4.69) is 0 Å². The fraction of sp³-hybridized carbons (Fsp3) is 0.833. The minimum Gasteiger partial charge on any atom is -0.368 e. The van der Waals surface area contributed by atoms with E-state index in [0.29, 0.717) is 13.0 Å². The Morgan fingerprint density at radius 2 is 1.94 bits per heavy atom. The second kappa shape index (κ2) is 4.44. The van der Waals surface area contributed by atoms with Crippen molar-refractivity contribution in [3.63, 3.8) is 0 Å². The van der Waals surface area contributed by atoms with Gasteiger partial charge in [-0.3, -0.25) is 9.59 Å². The van der Waals surface area contributed by atoms with Gasteiger partial charge in [0.2, 0.25) is 11.8 Å². The standard InChI is InChI=1S/C12H22N2O2/c1-8-5-6-14(10(8)11(13)16)9(15)7-12(2,3)4/h8,10H,5-7H2,1-4H3,(H2,13,16). The molecule has 16 heavy (non-hydrogen) atoms. The van der Waals surface area contributed by atoms with Crippen molar-refractivity contribution in [1.29, 1.82) is 0 Å². The van der Waals surface area contributed by atoms with Crippen LogP contribution < -0.4 is 5.73 Å². The summed E-state index contributed by atoms with van der Waals surface area (Å²) in [6.45, 7) is 8.68. The second-order valence-electron chi connectivity index (χ2n) is 5.94. The first-order valence-corrected chi connectivity index (χ1v) is 5.81. The number of nitrogens with two attached hydrogens (primary N) is 1. The topological polar surface area (TPSA) is 63.4 Å². The molecule has 1 aliphatic rings. The van der Waals surface area contributed by atoms with Crippen LogP contribution in [0.2, 0.25) is 0 Å². The first-order chi connectivity index (χ1) is 7.22. The van der Waals surface area contributed by atoms with Gasteiger partial charge < -0.3 is 10.6 Å². The zero-order valence-electron chi connectivity index (χ0n) is 10.6. The van der Waals surface area contributed by atoms with Crippen molar-refractivity contribution in [1.82, 2.24) is 4.90 Å². The molecule has 1 rings (SSSR count). The molecule has 0 aliphatic carbocycles. The van der Waals surface area contributed by atoms with Gasteiger partial charge in [0.15, 0.2) is 0 Å². The minimum absolute atomic E-state index is 0.0423. The van der Waals surface area contributed by atoms with Crippen molar-refractivity contribution in [3.05, 3.63) is 0 Å². The summed E-state index contributed by atoms with van der Waals surface area (Å²) in [7, 11) is 0. The van der Waals surface area contributed by atoms with Gasteiger partial charge in [-0.25, -0.2) is 0 Å². The highest BCUT2D eigenvalue weighted by molar-refractivity contribution is 5.87. The smallest absolute Gasteiger partial charge is 0.240 e. The summed E-state index contributed by atoms with van der Waals surface area (Å²) in [4.78, 5) is 25.0. The van der Waals surface area contributed by atoms with Crippen molar-refractivity contribution in [2.24, 2.45) is 17.1 Å². The van der Waals surface area contributed by atoms with E-state index in [1.807, 2.05) is 27.7 Å². The van der Waals surface area contributed by atoms with E-state index >= 15 is 0 Å². The molecule has 2 N–H and O–H groups in total. The third kappa shape index (κ3) is 2.97. The van der Waals surface area contributed by atoms with Crippen LogP contribution in [0.1, 0.15) is 40.5 Å². The molecule has 0 aromatic rings. The summed E-state index contributed by atoms with van der Waals surface area (Å²) in [5.41, 5.74) is 5.30. The molecule has 2 unspecified atom stereocenters. The molecular formula is C12H22N2O2. The molecule has 2 amide bonds. The Labute approximate surface area is 97.2 Å². The molecule has 0 spiro atoms. The van der Waals surface area contributed by atoms with E-state index in [9.17, 15) is 9.59 Å². The van der Waals surface area contributed by atoms with E-state index < -0.39 is 6.04 Å². The summed E-state index contributed by atoms with van der Waals surface area (Å²) in [5.74, 6) is -0.158. The van der Waals surface area contributed by atoms with E-state index in [4.69, 9.17) is 5.73 Å². The molecule has 92 valence electrons. The number of carbonyl (C=O) groups excluding carboxylic acids is 2. The Bertz CT molecular complexity index is 294. The molecule has 0 bridgehead atoms. The largest absolute Gasteiger partial charge is 0.368 e. The van der Waals surface area contributed by atoms with Crippen molar-refractivity contribution in [2.45, 2.75) is 46.6 Å². The van der Waals surface area contributed by atoms with Crippen LogP contribution in [0.4, 0.5) is 0 Å². The first-order valence-electron chi connectivity index (χ1n) is 5.81. The molecule has 0 saturated carbocycles. The van der Waals surface area contributed by atoms with Crippen molar-refractivity contribution in [2.75, 3.05) is 6.54 Å². The van der Waals surface area contributed by atoms with Crippen LogP contribution in [0.3, 0.4) is 0 Å².